The lowest BCUT2D eigenvalue weighted by Crippen LogP contribution is -2.41. The number of pyridine rings is 1. The van der Waals surface area contributed by atoms with E-state index in [-0.39, 0.29) is 24.0 Å². The second-order valence-electron chi connectivity index (χ2n) is 8.62. The molecule has 0 radical (unpaired) electrons. The van der Waals surface area contributed by atoms with Crippen molar-refractivity contribution in [1.29, 1.82) is 0 Å². The van der Waals surface area contributed by atoms with Crippen LogP contribution in [-0.4, -0.2) is 67.1 Å². The minimum Gasteiger partial charge on any atom is -0.477 e. The summed E-state index contributed by atoms with van der Waals surface area (Å²) in [5, 5.41) is 3.54. The van der Waals surface area contributed by atoms with Crippen LogP contribution in [0.4, 0.5) is 0 Å². The molecular formula is C22H36IN5O. The molecule has 3 heterocycles. The van der Waals surface area contributed by atoms with Gasteiger partial charge in [-0.25, -0.2) is 4.98 Å². The fraction of sp³-hybridized carbons (Fsp3) is 0.727. The highest BCUT2D eigenvalue weighted by molar-refractivity contribution is 14.0. The van der Waals surface area contributed by atoms with Crippen LogP contribution >= 0.6 is 24.0 Å². The van der Waals surface area contributed by atoms with E-state index in [1.165, 1.54) is 63.7 Å². The lowest BCUT2D eigenvalue weighted by atomic mass is 10.1. The fourth-order valence-electron chi connectivity index (χ4n) is 4.32. The third-order valence-electron chi connectivity index (χ3n) is 6.18. The molecule has 162 valence electrons. The lowest BCUT2D eigenvalue weighted by molar-refractivity contribution is 0.198. The standard InChI is InChI=1S/C22H35N5O.HI/c1-23-22(27-12-8-20(16-27)15-26-10-3-2-4-11-26)25-14-19-7-9-24-21(13-19)28-17-18-5-6-18;/h7,9,13,18,20H,2-6,8,10-12,14-17H2,1H3,(H,23,25);1H. The number of halogens is 1. The molecule has 0 amide bonds. The Balaban J connectivity index is 0.00000240. The van der Waals surface area contributed by atoms with Gasteiger partial charge in [-0.2, -0.15) is 0 Å². The van der Waals surface area contributed by atoms with Gasteiger partial charge in [0.2, 0.25) is 5.88 Å². The molecule has 4 rings (SSSR count). The number of hydrogen-bond donors (Lipinski definition) is 1. The smallest absolute Gasteiger partial charge is 0.213 e. The second kappa shape index (κ2) is 11.3. The molecule has 1 atom stereocenters. The van der Waals surface area contributed by atoms with Gasteiger partial charge in [0.1, 0.15) is 0 Å². The van der Waals surface area contributed by atoms with Gasteiger partial charge >= 0.3 is 0 Å². The van der Waals surface area contributed by atoms with Crippen molar-refractivity contribution in [3.63, 3.8) is 0 Å². The second-order valence-corrected chi connectivity index (χ2v) is 8.62. The summed E-state index contributed by atoms with van der Waals surface area (Å²) < 4.78 is 5.81. The number of nitrogens with zero attached hydrogens (tertiary/aromatic N) is 4. The number of piperidine rings is 1. The van der Waals surface area contributed by atoms with Crippen LogP contribution in [0.15, 0.2) is 23.3 Å². The molecular weight excluding hydrogens is 477 g/mol. The third kappa shape index (κ3) is 6.98. The maximum absolute atomic E-state index is 5.81. The van der Waals surface area contributed by atoms with Crippen LogP contribution in [0.2, 0.25) is 0 Å². The molecule has 0 bridgehead atoms. The van der Waals surface area contributed by atoms with Gasteiger partial charge in [-0.3, -0.25) is 4.99 Å². The molecule has 1 aromatic heterocycles. The number of likely N-dealkylation sites (tertiary alicyclic amines) is 2. The first kappa shape index (κ1) is 22.6. The molecule has 0 aromatic carbocycles. The average Bonchev–Trinajstić information content (AvgIpc) is 3.46. The highest BCUT2D eigenvalue weighted by Crippen LogP contribution is 2.29. The Hall–Kier alpha value is -1.09. The molecule has 3 fully saturated rings. The van der Waals surface area contributed by atoms with E-state index in [2.05, 4.69) is 25.1 Å². The Morgan fingerprint density at radius 3 is 2.76 bits per heavy atom. The van der Waals surface area contributed by atoms with E-state index in [1.54, 1.807) is 0 Å². The maximum Gasteiger partial charge on any atom is 0.213 e. The summed E-state index contributed by atoms with van der Waals surface area (Å²) in [4.78, 5) is 13.9. The molecule has 29 heavy (non-hydrogen) atoms. The zero-order valence-electron chi connectivity index (χ0n) is 17.7. The fourth-order valence-corrected chi connectivity index (χ4v) is 4.32. The molecule has 2 saturated heterocycles. The van der Waals surface area contributed by atoms with Crippen molar-refractivity contribution >= 4 is 29.9 Å². The summed E-state index contributed by atoms with van der Waals surface area (Å²) in [6.07, 6.45) is 9.86. The summed E-state index contributed by atoms with van der Waals surface area (Å²) in [6, 6.07) is 4.10. The Morgan fingerprint density at radius 2 is 2.00 bits per heavy atom. The van der Waals surface area contributed by atoms with E-state index >= 15 is 0 Å². The van der Waals surface area contributed by atoms with Crippen LogP contribution in [0.1, 0.15) is 44.1 Å². The van der Waals surface area contributed by atoms with Crippen molar-refractivity contribution < 1.29 is 4.74 Å². The topological polar surface area (TPSA) is 53.0 Å². The largest absolute Gasteiger partial charge is 0.477 e. The number of guanidine groups is 1. The molecule has 1 aliphatic carbocycles. The number of nitrogens with one attached hydrogen (secondary N) is 1. The SMILES string of the molecule is CN=C(NCc1ccnc(OCC2CC2)c1)N1CCC(CN2CCCCC2)C1.I. The van der Waals surface area contributed by atoms with E-state index in [9.17, 15) is 0 Å². The monoisotopic (exact) mass is 513 g/mol. The molecule has 7 heteroatoms. The van der Waals surface area contributed by atoms with Gasteiger partial charge in [0.15, 0.2) is 5.96 Å². The van der Waals surface area contributed by atoms with E-state index in [4.69, 9.17) is 4.74 Å². The molecule has 1 N–H and O–H groups in total. The predicted octanol–water partition coefficient (Wildman–Crippen LogP) is 3.37. The van der Waals surface area contributed by atoms with Crippen LogP contribution in [-0.2, 0) is 6.54 Å². The van der Waals surface area contributed by atoms with Gasteiger partial charge in [-0.05, 0) is 68.7 Å². The summed E-state index contributed by atoms with van der Waals surface area (Å²) in [7, 11) is 1.89. The van der Waals surface area contributed by atoms with Gasteiger partial charge in [0.05, 0.1) is 6.61 Å². The predicted molar refractivity (Wildman–Crippen MR) is 128 cm³/mol. The lowest BCUT2D eigenvalue weighted by Gasteiger charge is -2.29. The Labute approximate surface area is 192 Å². The van der Waals surface area contributed by atoms with Crippen molar-refractivity contribution in [3.8, 4) is 5.88 Å². The number of aliphatic imine (C=N–C) groups is 1. The Kier molecular flexibility index (Phi) is 8.84. The van der Waals surface area contributed by atoms with Crippen molar-refractivity contribution in [2.45, 2.75) is 45.1 Å². The first-order valence-electron chi connectivity index (χ1n) is 11.1. The van der Waals surface area contributed by atoms with Crippen molar-refractivity contribution in [3.05, 3.63) is 23.9 Å². The summed E-state index contributed by atoms with van der Waals surface area (Å²) in [6.45, 7) is 7.60. The van der Waals surface area contributed by atoms with Crippen LogP contribution in [0, 0.1) is 11.8 Å². The van der Waals surface area contributed by atoms with Gasteiger partial charge in [0, 0.05) is 45.5 Å². The number of hydrogen-bond acceptors (Lipinski definition) is 4. The molecule has 1 saturated carbocycles. The number of rotatable bonds is 7. The zero-order valence-corrected chi connectivity index (χ0v) is 20.0. The highest BCUT2D eigenvalue weighted by atomic mass is 127. The summed E-state index contributed by atoms with van der Waals surface area (Å²) >= 11 is 0. The van der Waals surface area contributed by atoms with Crippen LogP contribution in [0.25, 0.3) is 0 Å². The van der Waals surface area contributed by atoms with Crippen LogP contribution in [0.5, 0.6) is 5.88 Å². The van der Waals surface area contributed by atoms with E-state index in [0.717, 1.165) is 49.9 Å². The third-order valence-corrected chi connectivity index (χ3v) is 6.18. The summed E-state index contributed by atoms with van der Waals surface area (Å²) in [5.74, 6) is 3.26. The Morgan fingerprint density at radius 1 is 1.17 bits per heavy atom. The quantitative estimate of drug-likeness (QED) is 0.344. The highest BCUT2D eigenvalue weighted by Gasteiger charge is 2.27. The zero-order chi connectivity index (χ0) is 19.2. The number of ether oxygens (including phenoxy) is 1. The first-order chi connectivity index (χ1) is 13.8. The van der Waals surface area contributed by atoms with E-state index in [1.807, 2.05) is 25.4 Å². The van der Waals surface area contributed by atoms with E-state index in [0.29, 0.717) is 0 Å². The summed E-state index contributed by atoms with van der Waals surface area (Å²) in [5.41, 5.74) is 1.19. The molecule has 1 aromatic rings. The molecule has 0 spiro atoms. The van der Waals surface area contributed by atoms with E-state index < -0.39 is 0 Å². The molecule has 6 nitrogen and oxygen atoms in total. The van der Waals surface area contributed by atoms with Gasteiger partial charge in [-0.1, -0.05) is 6.42 Å². The molecule has 2 aliphatic heterocycles. The average molecular weight is 513 g/mol. The van der Waals surface area contributed by atoms with Crippen molar-refractivity contribution in [1.82, 2.24) is 20.1 Å². The van der Waals surface area contributed by atoms with Crippen LogP contribution in [0.3, 0.4) is 0 Å². The van der Waals surface area contributed by atoms with Gasteiger partial charge in [-0.15, -0.1) is 24.0 Å². The minimum atomic E-state index is 0. The first-order valence-corrected chi connectivity index (χ1v) is 11.1. The van der Waals surface area contributed by atoms with Crippen LogP contribution < -0.4 is 10.1 Å². The normalized spacial score (nSPS) is 23.0. The molecule has 1 unspecified atom stereocenters. The Bertz CT molecular complexity index is 660. The minimum absolute atomic E-state index is 0. The van der Waals surface area contributed by atoms with Crippen molar-refractivity contribution in [2.24, 2.45) is 16.8 Å². The number of aromatic nitrogens is 1. The van der Waals surface area contributed by atoms with Gasteiger partial charge < -0.3 is 19.9 Å². The van der Waals surface area contributed by atoms with Gasteiger partial charge in [0.25, 0.3) is 0 Å². The van der Waals surface area contributed by atoms with Crippen molar-refractivity contribution in [2.75, 3.05) is 46.4 Å². The maximum atomic E-state index is 5.81. The molecule has 3 aliphatic rings.